The first kappa shape index (κ1) is 12.4. The first-order valence-electron chi connectivity index (χ1n) is 6.43. The van der Waals surface area contributed by atoms with Gasteiger partial charge in [0.25, 0.3) is 0 Å². The minimum atomic E-state index is 0.579. The van der Waals surface area contributed by atoms with Gasteiger partial charge in [-0.2, -0.15) is 11.8 Å². The molecular weight excluding hydrogens is 256 g/mol. The van der Waals surface area contributed by atoms with Crippen LogP contribution in [-0.2, 0) is 0 Å². The van der Waals surface area contributed by atoms with Crippen LogP contribution in [0.3, 0.4) is 0 Å². The van der Waals surface area contributed by atoms with E-state index in [2.05, 4.69) is 16.4 Å². The highest BCUT2D eigenvalue weighted by Gasteiger charge is 2.14. The quantitative estimate of drug-likeness (QED) is 0.918. The molecular formula is C15H16N2OS. The SMILES string of the molecule is c1ccc(Oc2cccc(N[C@@H]3CCSC3)c2)nc1. The summed E-state index contributed by atoms with van der Waals surface area (Å²) in [5.74, 6) is 3.87. The molecule has 1 aliphatic rings. The van der Waals surface area contributed by atoms with Crippen molar-refractivity contribution >= 4 is 17.4 Å². The van der Waals surface area contributed by atoms with Gasteiger partial charge < -0.3 is 10.1 Å². The van der Waals surface area contributed by atoms with E-state index in [1.54, 1.807) is 6.20 Å². The van der Waals surface area contributed by atoms with Gasteiger partial charge in [-0.25, -0.2) is 4.98 Å². The first-order valence-corrected chi connectivity index (χ1v) is 7.59. The van der Waals surface area contributed by atoms with Gasteiger partial charge in [-0.1, -0.05) is 12.1 Å². The van der Waals surface area contributed by atoms with E-state index in [0.717, 1.165) is 11.4 Å². The number of hydrogen-bond donors (Lipinski definition) is 1. The monoisotopic (exact) mass is 272 g/mol. The lowest BCUT2D eigenvalue weighted by Crippen LogP contribution is -2.17. The normalized spacial score (nSPS) is 18.2. The molecule has 0 radical (unpaired) electrons. The summed E-state index contributed by atoms with van der Waals surface area (Å²) in [6.07, 6.45) is 2.96. The molecule has 98 valence electrons. The van der Waals surface area contributed by atoms with Crippen LogP contribution >= 0.6 is 11.8 Å². The number of rotatable bonds is 4. The van der Waals surface area contributed by atoms with E-state index in [4.69, 9.17) is 4.74 Å². The average Bonchev–Trinajstić information content (AvgIpc) is 2.93. The predicted octanol–water partition coefficient (Wildman–Crippen LogP) is 3.79. The highest BCUT2D eigenvalue weighted by Crippen LogP contribution is 2.25. The molecule has 0 unspecified atom stereocenters. The van der Waals surface area contributed by atoms with Crippen molar-refractivity contribution in [2.75, 3.05) is 16.8 Å². The van der Waals surface area contributed by atoms with Crippen LogP contribution in [0.2, 0.25) is 0 Å². The van der Waals surface area contributed by atoms with Crippen molar-refractivity contribution < 1.29 is 4.74 Å². The number of ether oxygens (including phenoxy) is 1. The lowest BCUT2D eigenvalue weighted by atomic mass is 10.2. The van der Waals surface area contributed by atoms with Gasteiger partial charge in [-0.3, -0.25) is 0 Å². The zero-order chi connectivity index (χ0) is 12.9. The molecule has 1 aromatic heterocycles. The summed E-state index contributed by atoms with van der Waals surface area (Å²) in [4.78, 5) is 4.16. The zero-order valence-corrected chi connectivity index (χ0v) is 11.4. The molecule has 3 nitrogen and oxygen atoms in total. The number of nitrogens with one attached hydrogen (secondary N) is 1. The number of hydrogen-bond acceptors (Lipinski definition) is 4. The molecule has 2 heterocycles. The van der Waals surface area contributed by atoms with E-state index in [-0.39, 0.29) is 0 Å². The topological polar surface area (TPSA) is 34.1 Å². The van der Waals surface area contributed by atoms with Crippen LogP contribution in [0.5, 0.6) is 11.6 Å². The fourth-order valence-electron chi connectivity index (χ4n) is 2.06. The molecule has 1 aliphatic heterocycles. The summed E-state index contributed by atoms with van der Waals surface area (Å²) in [5.41, 5.74) is 1.11. The van der Waals surface area contributed by atoms with Gasteiger partial charge >= 0.3 is 0 Å². The molecule has 1 atom stereocenters. The van der Waals surface area contributed by atoms with Gasteiger partial charge in [-0.15, -0.1) is 0 Å². The van der Waals surface area contributed by atoms with Crippen molar-refractivity contribution in [3.05, 3.63) is 48.7 Å². The third-order valence-corrected chi connectivity index (χ3v) is 4.16. The maximum Gasteiger partial charge on any atom is 0.219 e. The molecule has 0 amide bonds. The zero-order valence-electron chi connectivity index (χ0n) is 10.6. The van der Waals surface area contributed by atoms with Crippen molar-refractivity contribution in [1.29, 1.82) is 0 Å². The molecule has 4 heteroatoms. The van der Waals surface area contributed by atoms with E-state index >= 15 is 0 Å². The minimum Gasteiger partial charge on any atom is -0.439 e. The smallest absolute Gasteiger partial charge is 0.219 e. The second kappa shape index (κ2) is 5.97. The summed E-state index contributed by atoms with van der Waals surface area (Å²) in [6.45, 7) is 0. The van der Waals surface area contributed by atoms with Crippen molar-refractivity contribution in [2.24, 2.45) is 0 Å². The Kier molecular flexibility index (Phi) is 3.89. The Bertz CT molecular complexity index is 527. The van der Waals surface area contributed by atoms with Crippen LogP contribution in [0.1, 0.15) is 6.42 Å². The lowest BCUT2D eigenvalue weighted by molar-refractivity contribution is 0.463. The van der Waals surface area contributed by atoms with Crippen LogP contribution in [0.4, 0.5) is 5.69 Å². The summed E-state index contributed by atoms with van der Waals surface area (Å²) in [6, 6.07) is 14.3. The van der Waals surface area contributed by atoms with Crippen molar-refractivity contribution in [3.8, 4) is 11.6 Å². The number of benzene rings is 1. The Morgan fingerprint density at radius 2 is 2.21 bits per heavy atom. The van der Waals surface area contributed by atoms with Crippen LogP contribution in [0, 0.1) is 0 Å². The molecule has 3 rings (SSSR count). The molecule has 0 aliphatic carbocycles. The third-order valence-electron chi connectivity index (χ3n) is 2.99. The summed E-state index contributed by atoms with van der Waals surface area (Å²) < 4.78 is 5.73. The fourth-order valence-corrected chi connectivity index (χ4v) is 3.21. The number of anilines is 1. The van der Waals surface area contributed by atoms with Gasteiger partial charge in [0.05, 0.1) is 0 Å². The molecule has 0 spiro atoms. The molecule has 1 aromatic carbocycles. The van der Waals surface area contributed by atoms with E-state index in [1.165, 1.54) is 17.9 Å². The molecule has 1 saturated heterocycles. The van der Waals surface area contributed by atoms with E-state index in [1.807, 2.05) is 48.2 Å². The molecule has 1 fully saturated rings. The number of pyridine rings is 1. The van der Waals surface area contributed by atoms with Crippen LogP contribution in [0.25, 0.3) is 0 Å². The van der Waals surface area contributed by atoms with Crippen LogP contribution in [0.15, 0.2) is 48.7 Å². The number of aromatic nitrogens is 1. The molecule has 0 bridgehead atoms. The summed E-state index contributed by atoms with van der Waals surface area (Å²) in [7, 11) is 0. The molecule has 19 heavy (non-hydrogen) atoms. The van der Waals surface area contributed by atoms with Gasteiger partial charge in [-0.05, 0) is 30.4 Å². The van der Waals surface area contributed by atoms with Crippen LogP contribution < -0.4 is 10.1 Å². The van der Waals surface area contributed by atoms with Gasteiger partial charge in [0, 0.05) is 35.8 Å². The second-order valence-corrected chi connectivity index (χ2v) is 5.65. The maximum atomic E-state index is 5.73. The second-order valence-electron chi connectivity index (χ2n) is 4.50. The average molecular weight is 272 g/mol. The van der Waals surface area contributed by atoms with Gasteiger partial charge in [0.2, 0.25) is 5.88 Å². The van der Waals surface area contributed by atoms with E-state index in [0.29, 0.717) is 11.9 Å². The highest BCUT2D eigenvalue weighted by molar-refractivity contribution is 7.99. The molecule has 2 aromatic rings. The van der Waals surface area contributed by atoms with Crippen molar-refractivity contribution in [3.63, 3.8) is 0 Å². The Balaban J connectivity index is 1.69. The van der Waals surface area contributed by atoms with E-state index < -0.39 is 0 Å². The predicted molar refractivity (Wildman–Crippen MR) is 80.1 cm³/mol. The summed E-state index contributed by atoms with van der Waals surface area (Å²) >= 11 is 2.00. The number of thioether (sulfide) groups is 1. The minimum absolute atomic E-state index is 0.579. The van der Waals surface area contributed by atoms with E-state index in [9.17, 15) is 0 Å². The van der Waals surface area contributed by atoms with Gasteiger partial charge in [0.1, 0.15) is 5.75 Å². The standard InChI is InChI=1S/C15H16N2OS/c1-2-8-16-15(6-1)18-14-5-3-4-12(10-14)17-13-7-9-19-11-13/h1-6,8,10,13,17H,7,9,11H2/t13-/m1/s1. The van der Waals surface area contributed by atoms with Crippen LogP contribution in [-0.4, -0.2) is 22.5 Å². The first-order chi connectivity index (χ1) is 9.40. The lowest BCUT2D eigenvalue weighted by Gasteiger charge is -2.13. The Morgan fingerprint density at radius 3 is 3.00 bits per heavy atom. The molecule has 0 saturated carbocycles. The maximum absolute atomic E-state index is 5.73. The van der Waals surface area contributed by atoms with Crippen molar-refractivity contribution in [2.45, 2.75) is 12.5 Å². The fraction of sp³-hybridized carbons (Fsp3) is 0.267. The largest absolute Gasteiger partial charge is 0.439 e. The van der Waals surface area contributed by atoms with Crippen molar-refractivity contribution in [1.82, 2.24) is 4.98 Å². The third kappa shape index (κ3) is 3.41. The summed E-state index contributed by atoms with van der Waals surface area (Å²) in [5, 5.41) is 3.55. The number of nitrogens with zero attached hydrogens (tertiary/aromatic N) is 1. The Hall–Kier alpha value is -1.68. The Labute approximate surface area is 117 Å². The molecule has 1 N–H and O–H groups in total. The highest BCUT2D eigenvalue weighted by atomic mass is 32.2. The Morgan fingerprint density at radius 1 is 1.21 bits per heavy atom. The van der Waals surface area contributed by atoms with Gasteiger partial charge in [0.15, 0.2) is 0 Å².